The monoisotopic (exact) mass is 716 g/mol. The number of carbonyl (C=O) groups is 2. The number of aryl methyl sites for hydroxylation is 1. The number of rotatable bonds is 14. The molecule has 11 nitrogen and oxygen atoms in total. The van der Waals surface area contributed by atoms with Crippen molar-refractivity contribution in [1.29, 1.82) is 0 Å². The smallest absolute Gasteiger partial charge is 0.273 e. The first kappa shape index (κ1) is 37.0. The molecule has 1 fully saturated rings. The fraction of sp³-hybridized carbons (Fsp3) is 0.316. The Morgan fingerprint density at radius 1 is 0.961 bits per heavy atom. The number of hydrogen-bond donors (Lipinski definition) is 1. The summed E-state index contributed by atoms with van der Waals surface area (Å²) in [5.41, 5.74) is 0.821. The molecule has 1 N–H and O–H groups in total. The summed E-state index contributed by atoms with van der Waals surface area (Å²) in [7, 11) is -3.17. The topological polar surface area (TPSA) is 139 Å². The van der Waals surface area contributed by atoms with Crippen LogP contribution in [0.5, 0.6) is 5.75 Å². The van der Waals surface area contributed by atoms with E-state index in [1.54, 1.807) is 6.07 Å². The largest absolute Gasteiger partial charge is 0.497 e. The summed E-state index contributed by atoms with van der Waals surface area (Å²) < 4.78 is 50.0. The normalized spacial score (nSPS) is 13.9. The van der Waals surface area contributed by atoms with Crippen molar-refractivity contribution in [2.75, 3.05) is 18.0 Å². The molecule has 268 valence electrons. The van der Waals surface area contributed by atoms with Gasteiger partial charge in [-0.25, -0.2) is 12.8 Å². The van der Waals surface area contributed by atoms with Crippen molar-refractivity contribution in [3.05, 3.63) is 130 Å². The molecule has 4 aromatic carbocycles. The maximum absolute atomic E-state index is 15.2. The Kier molecular flexibility index (Phi) is 12.0. The molecule has 2 amide bonds. The first-order chi connectivity index (χ1) is 24.5. The molecule has 1 atom stereocenters. The number of ether oxygens (including phenoxy) is 1. The zero-order valence-corrected chi connectivity index (χ0v) is 29.4. The molecule has 1 saturated carbocycles. The van der Waals surface area contributed by atoms with Crippen molar-refractivity contribution in [3.63, 3.8) is 0 Å². The van der Waals surface area contributed by atoms with E-state index in [2.05, 4.69) is 5.32 Å². The number of carbonyl (C=O) groups excluding carboxylic acids is 2. The highest BCUT2D eigenvalue weighted by molar-refractivity contribution is 7.92. The summed E-state index contributed by atoms with van der Waals surface area (Å²) >= 11 is 0. The molecule has 0 saturated heterocycles. The van der Waals surface area contributed by atoms with E-state index in [-0.39, 0.29) is 35.8 Å². The van der Waals surface area contributed by atoms with Crippen molar-refractivity contribution < 1.29 is 32.1 Å². The standard InChI is InChI=1S/C38H41FN4O7S/c1-27-17-22-33(24-35(27)43(46)47)51(48,49)42(31-18-20-32(50-2)21-19-31)26-37(44)41(25-29-13-9-10-16-34(29)39)36(23-28-11-5-3-6-12-28)38(45)40-30-14-7-4-8-15-30/h3,5-6,9-13,16-22,24,30,36H,4,7-8,14-15,23,25-26H2,1-2H3,(H,40,45)/t36-/m1/s1. The summed E-state index contributed by atoms with van der Waals surface area (Å²) in [6.45, 7) is 0.367. The maximum atomic E-state index is 15.2. The number of benzene rings is 4. The van der Waals surface area contributed by atoms with Crippen LogP contribution in [0, 0.1) is 22.9 Å². The summed E-state index contributed by atoms with van der Waals surface area (Å²) in [6, 6.07) is 23.2. The van der Waals surface area contributed by atoms with Gasteiger partial charge in [-0.05, 0) is 61.7 Å². The van der Waals surface area contributed by atoms with Crippen LogP contribution >= 0.6 is 0 Å². The van der Waals surface area contributed by atoms with Gasteiger partial charge in [0.05, 0.1) is 22.6 Å². The van der Waals surface area contributed by atoms with Crippen LogP contribution in [0.4, 0.5) is 15.8 Å². The van der Waals surface area contributed by atoms with E-state index in [1.807, 2.05) is 30.3 Å². The van der Waals surface area contributed by atoms with Crippen LogP contribution in [0.15, 0.2) is 102 Å². The number of hydrogen-bond acceptors (Lipinski definition) is 7. The Hall–Kier alpha value is -5.30. The molecule has 51 heavy (non-hydrogen) atoms. The molecule has 1 aliphatic carbocycles. The molecule has 0 aliphatic heterocycles. The van der Waals surface area contributed by atoms with Gasteiger partial charge in [0, 0.05) is 36.2 Å². The van der Waals surface area contributed by atoms with Crippen LogP contribution in [-0.4, -0.2) is 55.8 Å². The Morgan fingerprint density at radius 3 is 2.27 bits per heavy atom. The highest BCUT2D eigenvalue weighted by Crippen LogP contribution is 2.30. The fourth-order valence-corrected chi connectivity index (χ4v) is 7.69. The molecule has 0 radical (unpaired) electrons. The number of methoxy groups -OCH3 is 1. The van der Waals surface area contributed by atoms with E-state index in [0.717, 1.165) is 48.0 Å². The highest BCUT2D eigenvalue weighted by Gasteiger charge is 2.36. The molecule has 0 spiro atoms. The Balaban J connectivity index is 1.60. The molecule has 0 bridgehead atoms. The number of anilines is 1. The second kappa shape index (κ2) is 16.6. The van der Waals surface area contributed by atoms with Crippen LogP contribution in [0.2, 0.25) is 0 Å². The van der Waals surface area contributed by atoms with Gasteiger partial charge in [-0.15, -0.1) is 0 Å². The van der Waals surface area contributed by atoms with Crippen LogP contribution in [0.1, 0.15) is 48.8 Å². The van der Waals surface area contributed by atoms with Gasteiger partial charge in [0.25, 0.3) is 15.7 Å². The van der Waals surface area contributed by atoms with Gasteiger partial charge in [0.1, 0.15) is 24.2 Å². The first-order valence-electron chi connectivity index (χ1n) is 16.8. The van der Waals surface area contributed by atoms with Gasteiger partial charge in [-0.2, -0.15) is 0 Å². The number of sulfonamides is 1. The minimum atomic E-state index is -4.62. The second-order valence-corrected chi connectivity index (χ2v) is 14.4. The van der Waals surface area contributed by atoms with E-state index < -0.39 is 55.7 Å². The molecule has 0 heterocycles. The van der Waals surface area contributed by atoms with Gasteiger partial charge in [0.15, 0.2) is 0 Å². The lowest BCUT2D eigenvalue weighted by Crippen LogP contribution is -2.55. The Bertz CT molecular complexity index is 1950. The van der Waals surface area contributed by atoms with Crippen molar-refractivity contribution >= 4 is 33.2 Å². The fourth-order valence-electron chi connectivity index (χ4n) is 6.26. The summed E-state index contributed by atoms with van der Waals surface area (Å²) in [4.78, 5) is 40.8. The minimum absolute atomic E-state index is 0.0736. The van der Waals surface area contributed by atoms with Gasteiger partial charge >= 0.3 is 0 Å². The van der Waals surface area contributed by atoms with E-state index in [0.29, 0.717) is 5.75 Å². The zero-order valence-electron chi connectivity index (χ0n) is 28.5. The lowest BCUT2D eigenvalue weighted by atomic mass is 9.94. The van der Waals surface area contributed by atoms with Gasteiger partial charge in [0.2, 0.25) is 11.8 Å². The third kappa shape index (κ3) is 9.09. The lowest BCUT2D eigenvalue weighted by Gasteiger charge is -2.35. The molecule has 4 aromatic rings. The SMILES string of the molecule is COc1ccc(N(CC(=O)N(Cc2ccccc2F)[C@H](Cc2ccccc2)C(=O)NC2CCCCC2)S(=O)(=O)c2ccc(C)c([N+](=O)[O-])c2)cc1. The average molecular weight is 717 g/mol. The highest BCUT2D eigenvalue weighted by atomic mass is 32.2. The Labute approximate surface area is 297 Å². The summed E-state index contributed by atoms with van der Waals surface area (Å²) in [6.07, 6.45) is 4.64. The van der Waals surface area contributed by atoms with Gasteiger partial charge in [-0.1, -0.05) is 73.9 Å². The van der Waals surface area contributed by atoms with Crippen molar-refractivity contribution in [1.82, 2.24) is 10.2 Å². The van der Waals surface area contributed by atoms with Crippen molar-refractivity contribution in [2.24, 2.45) is 0 Å². The molecular formula is C38H41FN4O7S. The van der Waals surface area contributed by atoms with Crippen molar-refractivity contribution in [3.8, 4) is 5.75 Å². The van der Waals surface area contributed by atoms with Crippen LogP contribution in [-0.2, 0) is 32.6 Å². The third-order valence-electron chi connectivity index (χ3n) is 9.13. The lowest BCUT2D eigenvalue weighted by molar-refractivity contribution is -0.385. The molecule has 0 aromatic heterocycles. The van der Waals surface area contributed by atoms with Crippen LogP contribution in [0.3, 0.4) is 0 Å². The molecular weight excluding hydrogens is 676 g/mol. The quantitative estimate of drug-likeness (QED) is 0.119. The van der Waals surface area contributed by atoms with Crippen LogP contribution < -0.4 is 14.4 Å². The van der Waals surface area contributed by atoms with E-state index in [9.17, 15) is 28.1 Å². The number of nitrogens with one attached hydrogen (secondary N) is 1. The van der Waals surface area contributed by atoms with Gasteiger partial charge in [-0.3, -0.25) is 24.0 Å². The molecule has 5 rings (SSSR count). The summed E-state index contributed by atoms with van der Waals surface area (Å²) in [5, 5.41) is 14.9. The molecule has 0 unspecified atom stereocenters. The van der Waals surface area contributed by atoms with Gasteiger partial charge < -0.3 is 15.0 Å². The first-order valence-corrected chi connectivity index (χ1v) is 18.2. The number of nitro groups is 1. The van der Waals surface area contributed by atoms with Crippen LogP contribution in [0.25, 0.3) is 0 Å². The predicted molar refractivity (Wildman–Crippen MR) is 191 cm³/mol. The molecule has 13 heteroatoms. The summed E-state index contributed by atoms with van der Waals surface area (Å²) in [5.74, 6) is -1.37. The van der Waals surface area contributed by atoms with E-state index in [1.165, 1.54) is 73.5 Å². The van der Waals surface area contributed by atoms with E-state index >= 15 is 4.39 Å². The zero-order chi connectivity index (χ0) is 36.5. The predicted octanol–water partition coefficient (Wildman–Crippen LogP) is 6.34. The molecule has 1 aliphatic rings. The number of nitro benzene ring substituents is 1. The number of halogens is 1. The van der Waals surface area contributed by atoms with Crippen molar-refractivity contribution in [2.45, 2.75) is 69.0 Å². The third-order valence-corrected chi connectivity index (χ3v) is 10.9. The Morgan fingerprint density at radius 2 is 1.63 bits per heavy atom. The number of nitrogens with zero attached hydrogens (tertiary/aromatic N) is 3. The maximum Gasteiger partial charge on any atom is 0.273 e. The number of amides is 2. The average Bonchev–Trinajstić information content (AvgIpc) is 3.13. The van der Waals surface area contributed by atoms with E-state index in [4.69, 9.17) is 4.74 Å². The minimum Gasteiger partial charge on any atom is -0.497 e. The second-order valence-electron chi connectivity index (χ2n) is 12.6.